The predicted molar refractivity (Wildman–Crippen MR) is 77.9 cm³/mol. The van der Waals surface area contributed by atoms with Crippen molar-refractivity contribution in [2.75, 3.05) is 13.7 Å². The van der Waals surface area contributed by atoms with E-state index in [0.717, 1.165) is 6.07 Å². The van der Waals surface area contributed by atoms with E-state index in [9.17, 15) is 19.7 Å². The van der Waals surface area contributed by atoms with E-state index >= 15 is 0 Å². The summed E-state index contributed by atoms with van der Waals surface area (Å²) in [5.74, 6) is -1.05. The summed E-state index contributed by atoms with van der Waals surface area (Å²) in [6.07, 6.45) is 0. The molecule has 0 heterocycles. The van der Waals surface area contributed by atoms with Crippen LogP contribution in [0, 0.1) is 10.1 Å². The molecule has 0 aromatic heterocycles. The van der Waals surface area contributed by atoms with E-state index in [1.165, 1.54) is 19.2 Å². The molecule has 0 saturated heterocycles. The molecule has 1 rings (SSSR count). The summed E-state index contributed by atoms with van der Waals surface area (Å²) in [7, 11) is 1.23. The van der Waals surface area contributed by atoms with Gasteiger partial charge in [0.25, 0.3) is 11.6 Å². The lowest BCUT2D eigenvalue weighted by atomic mass is 10.2. The molecule has 0 radical (unpaired) electrons. The van der Waals surface area contributed by atoms with Gasteiger partial charge in [-0.2, -0.15) is 0 Å². The molecule has 9 heteroatoms. The van der Waals surface area contributed by atoms with Gasteiger partial charge in [0.1, 0.15) is 4.83 Å². The molecular weight excluding hydrogens is 400 g/mol. The highest BCUT2D eigenvalue weighted by Crippen LogP contribution is 2.21. The number of nitro benzene ring substituents is 1. The average Bonchev–Trinajstić information content (AvgIpc) is 2.42. The van der Waals surface area contributed by atoms with Crippen LogP contribution in [0.2, 0.25) is 0 Å². The zero-order valence-corrected chi connectivity index (χ0v) is 13.4. The highest BCUT2D eigenvalue weighted by molar-refractivity contribution is 9.10. The third-order valence-corrected chi connectivity index (χ3v) is 3.41. The molecule has 7 nitrogen and oxygen atoms in total. The van der Waals surface area contributed by atoms with Crippen LogP contribution >= 0.6 is 31.9 Å². The van der Waals surface area contributed by atoms with E-state index in [1.54, 1.807) is 0 Å². The van der Waals surface area contributed by atoms with Crippen molar-refractivity contribution in [3.8, 4) is 0 Å². The zero-order chi connectivity index (χ0) is 15.3. The van der Waals surface area contributed by atoms with Crippen molar-refractivity contribution in [2.24, 2.45) is 0 Å². The number of carbonyl (C=O) groups is 2. The Balaban J connectivity index is 2.78. The van der Waals surface area contributed by atoms with Crippen LogP contribution in [0.3, 0.4) is 0 Å². The Labute approximate surface area is 131 Å². The number of hydrogen-bond donors (Lipinski definition) is 1. The Morgan fingerprint density at radius 2 is 2.10 bits per heavy atom. The second-order valence-electron chi connectivity index (χ2n) is 3.66. The lowest BCUT2D eigenvalue weighted by molar-refractivity contribution is -0.385. The van der Waals surface area contributed by atoms with Gasteiger partial charge in [0.05, 0.1) is 12.0 Å². The number of rotatable bonds is 5. The molecule has 1 atom stereocenters. The smallest absolute Gasteiger partial charge is 0.321 e. The molecule has 0 aliphatic heterocycles. The first-order valence-corrected chi connectivity index (χ1v) is 7.01. The molecule has 1 amide bonds. The van der Waals surface area contributed by atoms with Crippen molar-refractivity contribution in [3.05, 3.63) is 38.3 Å². The summed E-state index contributed by atoms with van der Waals surface area (Å²) in [4.78, 5) is 32.4. The second kappa shape index (κ2) is 7.34. The monoisotopic (exact) mass is 408 g/mol. The second-order valence-corrected chi connectivity index (χ2v) is 5.68. The summed E-state index contributed by atoms with van der Waals surface area (Å²) in [5, 5.41) is 13.2. The molecule has 0 bridgehead atoms. The molecule has 0 spiro atoms. The van der Waals surface area contributed by atoms with Gasteiger partial charge in [-0.05, 0) is 6.07 Å². The lowest BCUT2D eigenvalue weighted by Gasteiger charge is -2.09. The van der Waals surface area contributed by atoms with Gasteiger partial charge in [-0.15, -0.1) is 0 Å². The molecular formula is C11H10Br2N2O5. The van der Waals surface area contributed by atoms with Crippen molar-refractivity contribution in [1.82, 2.24) is 5.32 Å². The largest absolute Gasteiger partial charge is 0.468 e. The van der Waals surface area contributed by atoms with Crippen LogP contribution in [0.4, 0.5) is 5.69 Å². The Morgan fingerprint density at radius 3 is 2.65 bits per heavy atom. The van der Waals surface area contributed by atoms with Gasteiger partial charge in [-0.3, -0.25) is 19.7 Å². The fourth-order valence-electron chi connectivity index (χ4n) is 1.31. The number of nitrogens with one attached hydrogen (secondary N) is 1. The summed E-state index contributed by atoms with van der Waals surface area (Å²) < 4.78 is 4.90. The molecule has 0 fully saturated rings. The maximum Gasteiger partial charge on any atom is 0.321 e. The van der Waals surface area contributed by atoms with Crippen molar-refractivity contribution >= 4 is 49.4 Å². The summed E-state index contributed by atoms with van der Waals surface area (Å²) in [5.41, 5.74) is -0.0801. The molecule has 108 valence electrons. The van der Waals surface area contributed by atoms with Gasteiger partial charge in [0, 0.05) is 28.7 Å². The first-order valence-electron chi connectivity index (χ1n) is 5.30. The predicted octanol–water partition coefficient (Wildman–Crippen LogP) is 2.02. The minimum atomic E-state index is -0.682. The number of benzene rings is 1. The summed E-state index contributed by atoms with van der Waals surface area (Å²) in [6, 6.07) is 3.89. The SMILES string of the molecule is COC(=O)C(Br)CNC(=O)c1cc(Br)cc([N+](=O)[O-])c1. The van der Waals surface area contributed by atoms with Crippen molar-refractivity contribution < 1.29 is 19.2 Å². The molecule has 0 aliphatic carbocycles. The van der Waals surface area contributed by atoms with Crippen LogP contribution in [-0.2, 0) is 9.53 Å². The van der Waals surface area contributed by atoms with Gasteiger partial charge in [0.15, 0.2) is 0 Å². The van der Waals surface area contributed by atoms with Gasteiger partial charge in [-0.25, -0.2) is 0 Å². The van der Waals surface area contributed by atoms with E-state index in [1.807, 2.05) is 0 Å². The van der Waals surface area contributed by atoms with Crippen LogP contribution in [0.5, 0.6) is 0 Å². The van der Waals surface area contributed by atoms with Crippen molar-refractivity contribution in [1.29, 1.82) is 0 Å². The summed E-state index contributed by atoms with van der Waals surface area (Å²) in [6.45, 7) is 0.00577. The highest BCUT2D eigenvalue weighted by atomic mass is 79.9. The van der Waals surface area contributed by atoms with Gasteiger partial charge in [0.2, 0.25) is 0 Å². The lowest BCUT2D eigenvalue weighted by Crippen LogP contribution is -2.33. The van der Waals surface area contributed by atoms with Gasteiger partial charge in [-0.1, -0.05) is 31.9 Å². The normalized spacial score (nSPS) is 11.6. The number of amides is 1. The Bertz CT molecular complexity index is 550. The van der Waals surface area contributed by atoms with Crippen molar-refractivity contribution in [2.45, 2.75) is 4.83 Å². The standard InChI is InChI=1S/C11H10Br2N2O5/c1-20-11(17)9(13)5-14-10(16)6-2-7(12)4-8(3-6)15(18)19/h2-4,9H,5H2,1H3,(H,14,16). The molecule has 0 aliphatic rings. The van der Waals surface area contributed by atoms with E-state index in [0.29, 0.717) is 4.47 Å². The quantitative estimate of drug-likeness (QED) is 0.347. The van der Waals surface area contributed by atoms with Crippen LogP contribution in [-0.4, -0.2) is 35.3 Å². The topological polar surface area (TPSA) is 98.5 Å². The molecule has 1 aromatic carbocycles. The number of non-ortho nitro benzene ring substituents is 1. The number of halogens is 2. The molecule has 1 aromatic rings. The molecule has 20 heavy (non-hydrogen) atoms. The maximum atomic E-state index is 11.9. The third-order valence-electron chi connectivity index (χ3n) is 2.25. The van der Waals surface area contributed by atoms with Gasteiger partial charge < -0.3 is 10.1 Å². The van der Waals surface area contributed by atoms with Crippen LogP contribution in [0.25, 0.3) is 0 Å². The van der Waals surface area contributed by atoms with E-state index in [4.69, 9.17) is 0 Å². The fraction of sp³-hybridized carbons (Fsp3) is 0.273. The van der Waals surface area contributed by atoms with E-state index < -0.39 is 21.6 Å². The number of carbonyl (C=O) groups excluding carboxylic acids is 2. The Kier molecular flexibility index (Phi) is 6.08. The molecule has 1 unspecified atom stereocenters. The van der Waals surface area contributed by atoms with E-state index in [-0.39, 0.29) is 17.8 Å². The van der Waals surface area contributed by atoms with Crippen molar-refractivity contribution in [3.63, 3.8) is 0 Å². The number of hydrogen-bond acceptors (Lipinski definition) is 5. The number of ether oxygens (including phenoxy) is 1. The zero-order valence-electron chi connectivity index (χ0n) is 10.3. The van der Waals surface area contributed by atoms with Crippen LogP contribution in [0.15, 0.2) is 22.7 Å². The minimum Gasteiger partial charge on any atom is -0.468 e. The Morgan fingerprint density at radius 1 is 1.45 bits per heavy atom. The summed E-state index contributed by atoms with van der Waals surface area (Å²) >= 11 is 6.15. The minimum absolute atomic E-state index is 0.00577. The number of nitro groups is 1. The van der Waals surface area contributed by atoms with Crippen LogP contribution < -0.4 is 5.32 Å². The Hall–Kier alpha value is -1.48. The number of esters is 1. The third kappa shape index (κ3) is 4.57. The number of alkyl halides is 1. The fourth-order valence-corrected chi connectivity index (χ4v) is 2.14. The average molecular weight is 410 g/mol. The number of nitrogens with zero attached hydrogens (tertiary/aromatic N) is 1. The highest BCUT2D eigenvalue weighted by Gasteiger charge is 2.18. The maximum absolute atomic E-state index is 11.9. The van der Waals surface area contributed by atoms with Crippen LogP contribution in [0.1, 0.15) is 10.4 Å². The van der Waals surface area contributed by atoms with Gasteiger partial charge >= 0.3 is 5.97 Å². The molecule has 1 N–H and O–H groups in total. The first-order chi connectivity index (χ1) is 9.35. The number of methoxy groups -OCH3 is 1. The van der Waals surface area contributed by atoms with E-state index in [2.05, 4.69) is 41.9 Å². The molecule has 0 saturated carbocycles. The first kappa shape index (κ1) is 16.6.